The molecule has 1 aliphatic rings. The monoisotopic (exact) mass is 377 g/mol. The molecule has 1 aliphatic carbocycles. The fourth-order valence-corrected chi connectivity index (χ4v) is 3.09. The summed E-state index contributed by atoms with van der Waals surface area (Å²) in [5, 5.41) is 0.656. The van der Waals surface area contributed by atoms with E-state index in [0.29, 0.717) is 16.6 Å². The van der Waals surface area contributed by atoms with Crippen LogP contribution in [0.4, 0.5) is 0 Å². The highest BCUT2D eigenvalue weighted by Crippen LogP contribution is 2.26. The number of rotatable bonds is 3. The number of benzene rings is 1. The number of carbonyl (C=O) groups excluding carboxylic acids is 1. The van der Waals surface area contributed by atoms with Gasteiger partial charge >= 0.3 is 0 Å². The summed E-state index contributed by atoms with van der Waals surface area (Å²) >= 11 is 8.26. The van der Waals surface area contributed by atoms with Crippen molar-refractivity contribution in [3.63, 3.8) is 0 Å². The molecular formula is C14H17ClINO. The van der Waals surface area contributed by atoms with Crippen LogP contribution in [0.15, 0.2) is 18.2 Å². The third-order valence-electron chi connectivity index (χ3n) is 3.53. The molecule has 1 saturated carbocycles. The van der Waals surface area contributed by atoms with Gasteiger partial charge in [-0.2, -0.15) is 0 Å². The van der Waals surface area contributed by atoms with E-state index in [9.17, 15) is 4.79 Å². The first kappa shape index (κ1) is 14.1. The lowest BCUT2D eigenvalue weighted by molar-refractivity contribution is 0.0693. The van der Waals surface area contributed by atoms with Gasteiger partial charge in [0.15, 0.2) is 0 Å². The Kier molecular flexibility index (Phi) is 4.90. The predicted molar refractivity (Wildman–Crippen MR) is 83.1 cm³/mol. The molecule has 1 aromatic carbocycles. The van der Waals surface area contributed by atoms with Gasteiger partial charge in [-0.05, 0) is 60.6 Å². The third-order valence-corrected chi connectivity index (χ3v) is 5.11. The van der Waals surface area contributed by atoms with Crippen molar-refractivity contribution in [1.29, 1.82) is 0 Å². The van der Waals surface area contributed by atoms with Crippen LogP contribution in [-0.4, -0.2) is 23.4 Å². The molecule has 4 heteroatoms. The van der Waals surface area contributed by atoms with Gasteiger partial charge < -0.3 is 4.90 Å². The molecule has 1 fully saturated rings. The van der Waals surface area contributed by atoms with E-state index < -0.39 is 0 Å². The van der Waals surface area contributed by atoms with E-state index in [4.69, 9.17) is 11.6 Å². The summed E-state index contributed by atoms with van der Waals surface area (Å²) in [6, 6.07) is 5.97. The zero-order valence-corrected chi connectivity index (χ0v) is 13.4. The lowest BCUT2D eigenvalue weighted by atomic mass is 10.1. The van der Waals surface area contributed by atoms with Crippen LogP contribution in [0.2, 0.25) is 5.02 Å². The Morgan fingerprint density at radius 1 is 1.44 bits per heavy atom. The minimum atomic E-state index is 0.114. The van der Waals surface area contributed by atoms with E-state index in [1.54, 1.807) is 6.07 Å². The van der Waals surface area contributed by atoms with Crippen molar-refractivity contribution in [2.45, 2.75) is 38.6 Å². The third kappa shape index (κ3) is 2.99. The Balaban J connectivity index is 2.19. The second-order valence-electron chi connectivity index (χ2n) is 4.66. The van der Waals surface area contributed by atoms with Gasteiger partial charge in [0.05, 0.1) is 5.02 Å². The molecule has 2 nitrogen and oxygen atoms in total. The van der Waals surface area contributed by atoms with Crippen LogP contribution < -0.4 is 0 Å². The van der Waals surface area contributed by atoms with Gasteiger partial charge in [-0.25, -0.2) is 0 Å². The maximum absolute atomic E-state index is 12.5. The molecule has 98 valence electrons. The van der Waals surface area contributed by atoms with E-state index in [0.717, 1.165) is 23.0 Å². The largest absolute Gasteiger partial charge is 0.336 e. The van der Waals surface area contributed by atoms with Crippen LogP contribution in [0.1, 0.15) is 43.0 Å². The van der Waals surface area contributed by atoms with Crippen LogP contribution >= 0.6 is 34.2 Å². The molecule has 0 spiro atoms. The van der Waals surface area contributed by atoms with Crippen molar-refractivity contribution in [2.24, 2.45) is 0 Å². The number of hydrogen-bond acceptors (Lipinski definition) is 1. The summed E-state index contributed by atoms with van der Waals surface area (Å²) in [5.74, 6) is 0.114. The Hall–Kier alpha value is -0.290. The molecule has 0 N–H and O–H groups in total. The average molecular weight is 378 g/mol. The first-order chi connectivity index (χ1) is 8.63. The number of carbonyl (C=O) groups is 1. The highest BCUT2D eigenvalue weighted by molar-refractivity contribution is 14.1. The molecule has 0 unspecified atom stereocenters. The fraction of sp³-hybridized carbons (Fsp3) is 0.500. The van der Waals surface area contributed by atoms with Gasteiger partial charge in [0, 0.05) is 21.7 Å². The zero-order chi connectivity index (χ0) is 13.1. The van der Waals surface area contributed by atoms with E-state index in [1.165, 1.54) is 12.8 Å². The van der Waals surface area contributed by atoms with E-state index >= 15 is 0 Å². The molecule has 0 atom stereocenters. The maximum Gasteiger partial charge on any atom is 0.254 e. The molecule has 0 heterocycles. The van der Waals surface area contributed by atoms with Crippen molar-refractivity contribution < 1.29 is 4.79 Å². The number of hydrogen-bond donors (Lipinski definition) is 0. The van der Waals surface area contributed by atoms with Crippen molar-refractivity contribution in [2.75, 3.05) is 6.54 Å². The minimum absolute atomic E-state index is 0.114. The second-order valence-corrected chi connectivity index (χ2v) is 6.23. The molecule has 0 aliphatic heterocycles. The van der Waals surface area contributed by atoms with Crippen LogP contribution in [0, 0.1) is 3.57 Å². The van der Waals surface area contributed by atoms with Crippen LogP contribution in [-0.2, 0) is 0 Å². The molecule has 0 radical (unpaired) electrons. The first-order valence-electron chi connectivity index (χ1n) is 6.39. The minimum Gasteiger partial charge on any atom is -0.336 e. The van der Waals surface area contributed by atoms with Crippen LogP contribution in [0.3, 0.4) is 0 Å². The smallest absolute Gasteiger partial charge is 0.254 e. The summed E-state index contributed by atoms with van der Waals surface area (Å²) in [6.45, 7) is 2.82. The average Bonchev–Trinajstić information content (AvgIpc) is 2.87. The normalized spacial score (nSPS) is 15.9. The molecule has 1 aromatic rings. The molecule has 0 saturated heterocycles. The molecule has 18 heavy (non-hydrogen) atoms. The molecule has 2 rings (SSSR count). The summed E-state index contributed by atoms with van der Waals surface area (Å²) < 4.78 is 0.981. The predicted octanol–water partition coefficient (Wildman–Crippen LogP) is 4.35. The van der Waals surface area contributed by atoms with E-state index in [2.05, 4.69) is 22.6 Å². The highest BCUT2D eigenvalue weighted by Gasteiger charge is 2.26. The number of nitrogens with zero attached hydrogens (tertiary/aromatic N) is 1. The number of halogens is 2. The Bertz CT molecular complexity index is 443. The molecule has 1 amide bonds. The van der Waals surface area contributed by atoms with Crippen molar-refractivity contribution in [3.8, 4) is 0 Å². The van der Waals surface area contributed by atoms with E-state index in [1.807, 2.05) is 24.0 Å². The van der Waals surface area contributed by atoms with Gasteiger partial charge in [-0.15, -0.1) is 0 Å². The Labute approximate surface area is 127 Å². The maximum atomic E-state index is 12.5. The SMILES string of the molecule is CCN(C(=O)c1ccc(I)c(Cl)c1)C1CCCC1. The molecule has 0 aromatic heterocycles. The first-order valence-corrected chi connectivity index (χ1v) is 7.85. The van der Waals surface area contributed by atoms with Gasteiger partial charge in [0.1, 0.15) is 0 Å². The topological polar surface area (TPSA) is 20.3 Å². The Morgan fingerprint density at radius 2 is 2.11 bits per heavy atom. The van der Waals surface area contributed by atoms with Crippen LogP contribution in [0.5, 0.6) is 0 Å². The number of amides is 1. The zero-order valence-electron chi connectivity index (χ0n) is 10.5. The van der Waals surface area contributed by atoms with Crippen molar-refractivity contribution >= 4 is 40.1 Å². The van der Waals surface area contributed by atoms with E-state index in [-0.39, 0.29) is 5.91 Å². The second kappa shape index (κ2) is 6.24. The van der Waals surface area contributed by atoms with Gasteiger partial charge in [-0.1, -0.05) is 24.4 Å². The standard InChI is InChI=1S/C14H17ClINO/c1-2-17(11-5-3-4-6-11)14(18)10-7-8-13(16)12(15)9-10/h7-9,11H,2-6H2,1H3. The fourth-order valence-electron chi connectivity index (χ4n) is 2.58. The van der Waals surface area contributed by atoms with Crippen molar-refractivity contribution in [1.82, 2.24) is 4.90 Å². The lowest BCUT2D eigenvalue weighted by Crippen LogP contribution is -2.38. The lowest BCUT2D eigenvalue weighted by Gasteiger charge is -2.27. The van der Waals surface area contributed by atoms with Gasteiger partial charge in [0.2, 0.25) is 0 Å². The summed E-state index contributed by atoms with van der Waals surface area (Å²) in [4.78, 5) is 14.5. The summed E-state index contributed by atoms with van der Waals surface area (Å²) in [5.41, 5.74) is 0.703. The van der Waals surface area contributed by atoms with Gasteiger partial charge in [0.25, 0.3) is 5.91 Å². The molecule has 0 bridgehead atoms. The molecular weight excluding hydrogens is 361 g/mol. The summed E-state index contributed by atoms with van der Waals surface area (Å²) in [6.07, 6.45) is 4.75. The Morgan fingerprint density at radius 3 is 2.67 bits per heavy atom. The highest BCUT2D eigenvalue weighted by atomic mass is 127. The van der Waals surface area contributed by atoms with Crippen LogP contribution in [0.25, 0.3) is 0 Å². The van der Waals surface area contributed by atoms with Crippen molar-refractivity contribution in [3.05, 3.63) is 32.4 Å². The summed E-state index contributed by atoms with van der Waals surface area (Å²) in [7, 11) is 0. The quantitative estimate of drug-likeness (QED) is 0.717. The van der Waals surface area contributed by atoms with Gasteiger partial charge in [-0.3, -0.25) is 4.79 Å².